The summed E-state index contributed by atoms with van der Waals surface area (Å²) in [5, 5.41) is 0.527. The number of nitrogens with zero attached hydrogens (tertiary/aromatic N) is 1. The average molecular weight is 431 g/mol. The van der Waals surface area contributed by atoms with Crippen molar-refractivity contribution >= 4 is 26.7 Å². The third-order valence-electron chi connectivity index (χ3n) is 5.49. The van der Waals surface area contributed by atoms with Gasteiger partial charge in [0.25, 0.3) is 5.91 Å². The molecule has 0 N–H and O–H groups in total. The molecule has 1 atom stereocenters. The predicted octanol–water partition coefficient (Wildman–Crippen LogP) is 3.72. The number of halogens is 1. The fourth-order valence-electron chi connectivity index (χ4n) is 3.88. The highest BCUT2D eigenvalue weighted by atomic mass is 32.2. The van der Waals surface area contributed by atoms with E-state index in [1.165, 1.54) is 18.2 Å². The number of furan rings is 1. The monoisotopic (exact) mass is 431 g/mol. The van der Waals surface area contributed by atoms with Crippen LogP contribution >= 0.6 is 0 Å². The number of rotatable bonds is 5. The minimum absolute atomic E-state index is 0.0455. The minimum atomic E-state index is -3.20. The zero-order valence-electron chi connectivity index (χ0n) is 16.7. The molecule has 3 aromatic rings. The molecule has 0 saturated carbocycles. The first kappa shape index (κ1) is 20.4. The van der Waals surface area contributed by atoms with E-state index in [0.29, 0.717) is 28.7 Å². The summed E-state index contributed by atoms with van der Waals surface area (Å²) >= 11 is 0. The molecule has 1 fully saturated rings. The number of sulfone groups is 1. The van der Waals surface area contributed by atoms with Crippen LogP contribution in [0.4, 0.5) is 4.39 Å². The van der Waals surface area contributed by atoms with Gasteiger partial charge in [-0.2, -0.15) is 0 Å². The number of carbonyl (C=O) groups excluding carboxylic acids is 1. The second-order valence-corrected chi connectivity index (χ2v) is 9.77. The lowest BCUT2D eigenvalue weighted by Gasteiger charge is -2.28. The van der Waals surface area contributed by atoms with Crippen molar-refractivity contribution in [2.75, 3.05) is 18.6 Å². The van der Waals surface area contributed by atoms with Crippen LogP contribution in [0.3, 0.4) is 0 Å². The van der Waals surface area contributed by atoms with Gasteiger partial charge in [-0.25, -0.2) is 12.8 Å². The van der Waals surface area contributed by atoms with Gasteiger partial charge < -0.3 is 14.1 Å². The lowest BCUT2D eigenvalue weighted by molar-refractivity contribution is 0.0649. The Bertz CT molecular complexity index is 1220. The van der Waals surface area contributed by atoms with Crippen LogP contribution in [0.2, 0.25) is 0 Å². The number of benzene rings is 2. The molecular formula is C22H22FNO5S. The van der Waals surface area contributed by atoms with Crippen LogP contribution in [0.5, 0.6) is 5.75 Å². The Morgan fingerprint density at radius 2 is 2.07 bits per heavy atom. The van der Waals surface area contributed by atoms with Crippen LogP contribution in [-0.4, -0.2) is 43.9 Å². The summed E-state index contributed by atoms with van der Waals surface area (Å²) in [5.74, 6) is -0.118. The Kier molecular flexibility index (Phi) is 5.27. The van der Waals surface area contributed by atoms with Gasteiger partial charge in [-0.15, -0.1) is 0 Å². The molecule has 0 bridgehead atoms. The van der Waals surface area contributed by atoms with Gasteiger partial charge in [0.15, 0.2) is 15.6 Å². The molecule has 1 saturated heterocycles. The van der Waals surface area contributed by atoms with Gasteiger partial charge in [-0.3, -0.25) is 4.79 Å². The van der Waals surface area contributed by atoms with Gasteiger partial charge in [-0.1, -0.05) is 12.1 Å². The van der Waals surface area contributed by atoms with Gasteiger partial charge in [-0.05, 0) is 49.2 Å². The molecule has 1 unspecified atom stereocenters. The molecule has 8 heteroatoms. The molecule has 0 aliphatic carbocycles. The molecule has 1 amide bonds. The topological polar surface area (TPSA) is 76.8 Å². The first-order valence-electron chi connectivity index (χ1n) is 9.60. The van der Waals surface area contributed by atoms with Crippen LogP contribution in [0, 0.1) is 12.7 Å². The van der Waals surface area contributed by atoms with E-state index in [9.17, 15) is 17.6 Å². The molecule has 1 aliphatic heterocycles. The zero-order chi connectivity index (χ0) is 21.5. The van der Waals surface area contributed by atoms with Gasteiger partial charge in [0, 0.05) is 23.5 Å². The highest BCUT2D eigenvalue weighted by molar-refractivity contribution is 7.91. The molecular weight excluding hydrogens is 409 g/mol. The summed E-state index contributed by atoms with van der Waals surface area (Å²) in [5.41, 5.74) is 1.76. The van der Waals surface area contributed by atoms with Gasteiger partial charge in [0.1, 0.15) is 17.1 Å². The number of hydrogen-bond acceptors (Lipinski definition) is 5. The largest absolute Gasteiger partial charge is 0.497 e. The molecule has 0 spiro atoms. The number of aryl methyl sites for hydroxylation is 1. The van der Waals surface area contributed by atoms with E-state index in [4.69, 9.17) is 9.15 Å². The Morgan fingerprint density at radius 3 is 2.77 bits per heavy atom. The normalized spacial score (nSPS) is 17.9. The third kappa shape index (κ3) is 3.92. The van der Waals surface area contributed by atoms with Crippen LogP contribution < -0.4 is 4.74 Å². The molecule has 4 rings (SSSR count). The maximum absolute atomic E-state index is 13.7. The van der Waals surface area contributed by atoms with Crippen LogP contribution in [0.15, 0.2) is 46.9 Å². The van der Waals surface area contributed by atoms with E-state index in [0.717, 1.165) is 5.56 Å². The second kappa shape index (κ2) is 7.75. The Morgan fingerprint density at radius 1 is 1.27 bits per heavy atom. The van der Waals surface area contributed by atoms with E-state index in [1.807, 2.05) is 18.2 Å². The molecule has 30 heavy (non-hydrogen) atoms. The first-order chi connectivity index (χ1) is 14.3. The van der Waals surface area contributed by atoms with Crippen LogP contribution in [0.25, 0.3) is 11.0 Å². The van der Waals surface area contributed by atoms with Crippen LogP contribution in [0.1, 0.15) is 28.1 Å². The van der Waals surface area contributed by atoms with E-state index >= 15 is 0 Å². The molecule has 2 heterocycles. The van der Waals surface area contributed by atoms with E-state index in [1.54, 1.807) is 25.0 Å². The molecule has 0 radical (unpaired) electrons. The smallest absolute Gasteiger partial charge is 0.290 e. The Hall–Kier alpha value is -2.87. The Labute approximate surface area is 174 Å². The second-order valence-electron chi connectivity index (χ2n) is 7.54. The average Bonchev–Trinajstić information content (AvgIpc) is 3.25. The number of methoxy groups -OCH3 is 1. The lowest BCUT2D eigenvalue weighted by Crippen LogP contribution is -2.40. The van der Waals surface area contributed by atoms with E-state index in [2.05, 4.69) is 0 Å². The summed E-state index contributed by atoms with van der Waals surface area (Å²) in [6.07, 6.45) is 0.367. The summed E-state index contributed by atoms with van der Waals surface area (Å²) < 4.78 is 48.8. The number of amides is 1. The summed E-state index contributed by atoms with van der Waals surface area (Å²) in [4.78, 5) is 15.0. The van der Waals surface area contributed by atoms with Crippen molar-refractivity contribution in [3.05, 3.63) is 65.2 Å². The van der Waals surface area contributed by atoms with Gasteiger partial charge in [0.05, 0.1) is 18.6 Å². The molecule has 1 aromatic heterocycles. The van der Waals surface area contributed by atoms with E-state index in [-0.39, 0.29) is 23.8 Å². The minimum Gasteiger partial charge on any atom is -0.497 e. The molecule has 6 nitrogen and oxygen atoms in total. The summed E-state index contributed by atoms with van der Waals surface area (Å²) in [6.45, 7) is 1.91. The van der Waals surface area contributed by atoms with Crippen molar-refractivity contribution in [2.45, 2.75) is 25.9 Å². The first-order valence-corrected chi connectivity index (χ1v) is 11.4. The maximum atomic E-state index is 13.7. The van der Waals surface area contributed by atoms with Crippen molar-refractivity contribution < 1.29 is 26.8 Å². The van der Waals surface area contributed by atoms with Gasteiger partial charge >= 0.3 is 0 Å². The number of carbonyl (C=O) groups is 1. The Balaban J connectivity index is 1.73. The van der Waals surface area contributed by atoms with Gasteiger partial charge in [0.2, 0.25) is 0 Å². The SMILES string of the molecule is COc1cccc(CN(C(=O)c2oc3ccc(F)cc3c2C)C2CCS(=O)(=O)C2)c1. The van der Waals surface area contributed by atoms with E-state index < -0.39 is 27.6 Å². The fraction of sp³-hybridized carbons (Fsp3) is 0.318. The van der Waals surface area contributed by atoms with Crippen molar-refractivity contribution in [1.82, 2.24) is 4.90 Å². The summed E-state index contributed by atoms with van der Waals surface area (Å²) in [6, 6.07) is 10.9. The van der Waals surface area contributed by atoms with Crippen molar-refractivity contribution in [3.8, 4) is 5.75 Å². The predicted molar refractivity (Wildman–Crippen MR) is 111 cm³/mol. The summed E-state index contributed by atoms with van der Waals surface area (Å²) in [7, 11) is -1.64. The molecule has 2 aromatic carbocycles. The van der Waals surface area contributed by atoms with Crippen molar-refractivity contribution in [2.24, 2.45) is 0 Å². The zero-order valence-corrected chi connectivity index (χ0v) is 17.5. The van der Waals surface area contributed by atoms with Crippen LogP contribution in [-0.2, 0) is 16.4 Å². The third-order valence-corrected chi connectivity index (χ3v) is 7.24. The maximum Gasteiger partial charge on any atom is 0.290 e. The van der Waals surface area contributed by atoms with Crippen molar-refractivity contribution in [1.29, 1.82) is 0 Å². The molecule has 158 valence electrons. The quantitative estimate of drug-likeness (QED) is 0.615. The number of hydrogen-bond donors (Lipinski definition) is 0. The lowest BCUT2D eigenvalue weighted by atomic mass is 10.1. The van der Waals surface area contributed by atoms with Crippen molar-refractivity contribution in [3.63, 3.8) is 0 Å². The highest BCUT2D eigenvalue weighted by Gasteiger charge is 2.36. The highest BCUT2D eigenvalue weighted by Crippen LogP contribution is 2.30. The number of ether oxygens (including phenoxy) is 1. The fourth-order valence-corrected chi connectivity index (χ4v) is 5.61. The number of fused-ring (bicyclic) bond motifs is 1. The molecule has 1 aliphatic rings. The standard InChI is InChI=1S/C22H22FNO5S/c1-14-19-11-16(23)6-7-20(19)29-21(14)22(25)24(17-8-9-30(26,27)13-17)12-15-4-3-5-18(10-15)28-2/h3-7,10-11,17H,8-9,12-13H2,1-2H3.